The molecule has 0 bridgehead atoms. The number of benzene rings is 3. The Morgan fingerprint density at radius 1 is 0.800 bits per heavy atom. The van der Waals surface area contributed by atoms with Crippen LogP contribution in [0.2, 0.25) is 0 Å². The van der Waals surface area contributed by atoms with Crippen LogP contribution in [0.1, 0.15) is 26.7 Å². The molecule has 0 spiro atoms. The number of hydrogen-bond acceptors (Lipinski definition) is 3. The predicted molar refractivity (Wildman–Crippen MR) is 109 cm³/mol. The van der Waals surface area contributed by atoms with Gasteiger partial charge in [0.1, 0.15) is 0 Å². The Balaban J connectivity index is 1.99. The van der Waals surface area contributed by atoms with Crippen LogP contribution < -0.4 is 0 Å². The third-order valence-electron chi connectivity index (χ3n) is 4.10. The number of carbonyl (C=O) groups is 1. The fourth-order valence-corrected chi connectivity index (χ4v) is 4.65. The van der Waals surface area contributed by atoms with Crippen LogP contribution in [0.5, 0.6) is 0 Å². The van der Waals surface area contributed by atoms with Gasteiger partial charge in [0.05, 0.1) is 5.25 Å². The van der Waals surface area contributed by atoms with Crippen molar-refractivity contribution in [1.82, 2.24) is 0 Å². The van der Waals surface area contributed by atoms with Gasteiger partial charge in [0.2, 0.25) is 0 Å². The first-order valence-corrected chi connectivity index (χ1v) is 10.3. The molecule has 3 rings (SSSR count). The second-order valence-corrected chi connectivity index (χ2v) is 7.72. The maximum absolute atomic E-state index is 13.2. The van der Waals surface area contributed by atoms with Gasteiger partial charge in [0.15, 0.2) is 5.78 Å². The first-order valence-electron chi connectivity index (χ1n) is 8.15. The van der Waals surface area contributed by atoms with Crippen LogP contribution in [0.25, 0.3) is 0 Å². The molecule has 0 saturated carbocycles. The predicted octanol–water partition coefficient (Wildman–Crippen LogP) is 6.43. The highest BCUT2D eigenvalue weighted by Crippen LogP contribution is 2.40. The monoisotopic (exact) mass is 364 g/mol. The van der Waals surface area contributed by atoms with E-state index in [1.54, 1.807) is 23.5 Å². The number of hydrogen-bond donors (Lipinski definition) is 0. The second-order valence-electron chi connectivity index (χ2n) is 5.72. The Morgan fingerprint density at radius 3 is 2.04 bits per heavy atom. The summed E-state index contributed by atoms with van der Waals surface area (Å²) < 4.78 is 0. The minimum Gasteiger partial charge on any atom is -0.293 e. The van der Waals surface area contributed by atoms with Crippen LogP contribution >= 0.6 is 23.5 Å². The van der Waals surface area contributed by atoms with Gasteiger partial charge in [-0.15, -0.1) is 23.5 Å². The van der Waals surface area contributed by atoms with Gasteiger partial charge < -0.3 is 0 Å². The molecular weight excluding hydrogens is 344 g/mol. The number of ketones is 1. The molecule has 3 heteroatoms. The first kappa shape index (κ1) is 17.8. The molecule has 0 aliphatic rings. The average Bonchev–Trinajstić information content (AvgIpc) is 2.68. The molecule has 0 aliphatic heterocycles. The van der Waals surface area contributed by atoms with E-state index in [4.69, 9.17) is 0 Å². The number of rotatable bonds is 6. The van der Waals surface area contributed by atoms with E-state index >= 15 is 0 Å². The zero-order chi connectivity index (χ0) is 17.6. The standard InChI is InChI=1S/C22H20OS2/c1-16-19(24-2)14-9-15-20(16)25-22(18-12-7-4-8-13-18)21(23)17-10-5-3-6-11-17/h3-15,22H,1-2H3. The highest BCUT2D eigenvalue weighted by atomic mass is 32.2. The fraction of sp³-hybridized carbons (Fsp3) is 0.136. The van der Waals surface area contributed by atoms with Gasteiger partial charge in [0.25, 0.3) is 0 Å². The zero-order valence-electron chi connectivity index (χ0n) is 14.3. The Labute approximate surface area is 157 Å². The molecule has 0 amide bonds. The summed E-state index contributed by atoms with van der Waals surface area (Å²) in [7, 11) is 0. The molecule has 25 heavy (non-hydrogen) atoms. The van der Waals surface area contributed by atoms with Crippen molar-refractivity contribution in [3.63, 3.8) is 0 Å². The largest absolute Gasteiger partial charge is 0.293 e. The molecule has 126 valence electrons. The zero-order valence-corrected chi connectivity index (χ0v) is 15.9. The number of Topliss-reactive ketones (excluding diaryl/α,β-unsaturated/α-hetero) is 1. The molecule has 1 unspecified atom stereocenters. The van der Waals surface area contributed by atoms with Crippen LogP contribution in [0.3, 0.4) is 0 Å². The number of thioether (sulfide) groups is 2. The van der Waals surface area contributed by atoms with Gasteiger partial charge >= 0.3 is 0 Å². The lowest BCUT2D eigenvalue weighted by Crippen LogP contribution is -2.10. The average molecular weight is 365 g/mol. The molecule has 1 nitrogen and oxygen atoms in total. The van der Waals surface area contributed by atoms with Gasteiger partial charge in [0, 0.05) is 15.4 Å². The van der Waals surface area contributed by atoms with E-state index in [0.717, 1.165) is 16.0 Å². The van der Waals surface area contributed by atoms with E-state index in [2.05, 4.69) is 31.4 Å². The summed E-state index contributed by atoms with van der Waals surface area (Å²) >= 11 is 3.38. The van der Waals surface area contributed by atoms with Gasteiger partial charge in [-0.25, -0.2) is 0 Å². The van der Waals surface area contributed by atoms with Gasteiger partial charge in [-0.2, -0.15) is 0 Å². The van der Waals surface area contributed by atoms with E-state index < -0.39 is 0 Å². The molecule has 0 aliphatic carbocycles. The van der Waals surface area contributed by atoms with Gasteiger partial charge in [-0.05, 0) is 36.4 Å². The van der Waals surface area contributed by atoms with Crippen molar-refractivity contribution in [2.45, 2.75) is 22.0 Å². The molecule has 0 aromatic heterocycles. The molecule has 0 N–H and O–H groups in total. The molecule has 0 heterocycles. The lowest BCUT2D eigenvalue weighted by atomic mass is 10.0. The lowest BCUT2D eigenvalue weighted by Gasteiger charge is -2.18. The Morgan fingerprint density at radius 2 is 1.40 bits per heavy atom. The normalized spacial score (nSPS) is 11.9. The smallest absolute Gasteiger partial charge is 0.180 e. The summed E-state index contributed by atoms with van der Waals surface area (Å²) in [5.41, 5.74) is 3.03. The second kappa shape index (κ2) is 8.41. The molecular formula is C22H20OS2. The van der Waals surface area contributed by atoms with Crippen LogP contribution in [-0.4, -0.2) is 12.0 Å². The van der Waals surface area contributed by atoms with Gasteiger partial charge in [-0.1, -0.05) is 66.7 Å². The minimum absolute atomic E-state index is 0.144. The highest BCUT2D eigenvalue weighted by Gasteiger charge is 2.24. The van der Waals surface area contributed by atoms with Crippen molar-refractivity contribution in [2.24, 2.45) is 0 Å². The summed E-state index contributed by atoms with van der Waals surface area (Å²) in [4.78, 5) is 15.6. The third kappa shape index (κ3) is 4.17. The van der Waals surface area contributed by atoms with Crippen molar-refractivity contribution < 1.29 is 4.79 Å². The topological polar surface area (TPSA) is 17.1 Å². The van der Waals surface area contributed by atoms with E-state index in [0.29, 0.717) is 0 Å². The summed E-state index contributed by atoms with van der Waals surface area (Å²) in [6.45, 7) is 2.13. The fourth-order valence-electron chi connectivity index (χ4n) is 2.72. The summed E-state index contributed by atoms with van der Waals surface area (Å²) in [6.07, 6.45) is 2.08. The van der Waals surface area contributed by atoms with Crippen molar-refractivity contribution in [1.29, 1.82) is 0 Å². The Bertz CT molecular complexity index is 844. The lowest BCUT2D eigenvalue weighted by molar-refractivity contribution is 0.0989. The Hall–Kier alpha value is -1.97. The van der Waals surface area contributed by atoms with E-state index in [1.807, 2.05) is 60.7 Å². The molecule has 0 fully saturated rings. The van der Waals surface area contributed by atoms with Crippen molar-refractivity contribution >= 4 is 29.3 Å². The number of carbonyl (C=O) groups excluding carboxylic acids is 1. The Kier molecular flexibility index (Phi) is 6.00. The maximum Gasteiger partial charge on any atom is 0.180 e. The van der Waals surface area contributed by atoms with E-state index in [9.17, 15) is 4.79 Å². The van der Waals surface area contributed by atoms with Crippen LogP contribution in [-0.2, 0) is 0 Å². The summed E-state index contributed by atoms with van der Waals surface area (Å²) in [6, 6.07) is 25.9. The van der Waals surface area contributed by atoms with Crippen LogP contribution in [0.4, 0.5) is 0 Å². The van der Waals surface area contributed by atoms with Gasteiger partial charge in [-0.3, -0.25) is 4.79 Å². The van der Waals surface area contributed by atoms with E-state index in [1.165, 1.54) is 10.5 Å². The molecule has 0 radical (unpaired) electrons. The van der Waals surface area contributed by atoms with Crippen LogP contribution in [0.15, 0.2) is 88.7 Å². The molecule has 3 aromatic rings. The highest BCUT2D eigenvalue weighted by molar-refractivity contribution is 8.00. The van der Waals surface area contributed by atoms with Crippen molar-refractivity contribution in [2.75, 3.05) is 6.26 Å². The van der Waals surface area contributed by atoms with Crippen molar-refractivity contribution in [3.8, 4) is 0 Å². The van der Waals surface area contributed by atoms with E-state index in [-0.39, 0.29) is 11.0 Å². The molecule has 3 aromatic carbocycles. The molecule has 0 saturated heterocycles. The minimum atomic E-state index is -0.251. The third-order valence-corrected chi connectivity index (χ3v) is 6.40. The van der Waals surface area contributed by atoms with Crippen LogP contribution in [0, 0.1) is 6.92 Å². The maximum atomic E-state index is 13.2. The summed E-state index contributed by atoms with van der Waals surface area (Å²) in [5, 5.41) is -0.251. The molecule has 1 atom stereocenters. The quantitative estimate of drug-likeness (QED) is 0.370. The summed E-state index contributed by atoms with van der Waals surface area (Å²) in [5.74, 6) is 0.144. The first-order chi connectivity index (χ1) is 12.2. The van der Waals surface area contributed by atoms with Crippen molar-refractivity contribution in [3.05, 3.63) is 95.6 Å². The SMILES string of the molecule is CSc1cccc(SC(C(=O)c2ccccc2)c2ccccc2)c1C.